The molecule has 0 amide bonds. The molecule has 1 aliphatic rings. The predicted octanol–water partition coefficient (Wildman–Crippen LogP) is 3.75. The normalized spacial score (nSPS) is 19.2. The molecular weight excluding hydrogens is 326 g/mol. The number of ether oxygens (including phenoxy) is 2. The molecule has 0 saturated carbocycles. The highest BCUT2D eigenvalue weighted by Gasteiger charge is 2.35. The molecule has 1 atom stereocenters. The average molecular weight is 356 g/mol. The van der Waals surface area contributed by atoms with Gasteiger partial charge >= 0.3 is 0 Å². The Morgan fingerprint density at radius 1 is 1.08 bits per heavy atom. The van der Waals surface area contributed by atoms with Gasteiger partial charge in [-0.15, -0.1) is 0 Å². The van der Waals surface area contributed by atoms with Gasteiger partial charge in [-0.2, -0.15) is 4.31 Å². The maximum atomic E-state index is 13.3. The van der Waals surface area contributed by atoms with Crippen molar-refractivity contribution in [1.29, 1.82) is 0 Å². The molecule has 136 valence electrons. The van der Waals surface area contributed by atoms with Crippen molar-refractivity contribution in [2.24, 2.45) is 0 Å². The van der Waals surface area contributed by atoms with Crippen LogP contribution in [0.25, 0.3) is 0 Å². The fourth-order valence-electron chi connectivity index (χ4n) is 3.25. The minimum atomic E-state index is -3.61. The van der Waals surface area contributed by atoms with Crippen LogP contribution in [0.2, 0.25) is 0 Å². The zero-order chi connectivity index (χ0) is 17.7. The van der Waals surface area contributed by atoms with Crippen LogP contribution >= 0.6 is 0 Å². The molecule has 0 unspecified atom stereocenters. The average Bonchev–Trinajstić information content (AvgIpc) is 2.57. The van der Waals surface area contributed by atoms with Crippen LogP contribution in [0.5, 0.6) is 11.5 Å². The molecule has 1 aromatic rings. The summed E-state index contributed by atoms with van der Waals surface area (Å²) >= 11 is 0. The first-order valence-electron chi connectivity index (χ1n) is 8.87. The van der Waals surface area contributed by atoms with E-state index in [4.69, 9.17) is 9.47 Å². The SMILES string of the molecule is CCOc1cc(S(=O)(=O)N2CCCC[C@@H]2CC)c(OCC)cc1C. The van der Waals surface area contributed by atoms with Gasteiger partial charge in [0.05, 0.1) is 13.2 Å². The third-order valence-corrected chi connectivity index (χ3v) is 6.45. The molecule has 0 aromatic heterocycles. The Labute approximate surface area is 146 Å². The topological polar surface area (TPSA) is 55.8 Å². The number of benzene rings is 1. The van der Waals surface area contributed by atoms with Crippen molar-refractivity contribution in [3.63, 3.8) is 0 Å². The lowest BCUT2D eigenvalue weighted by Gasteiger charge is -2.34. The van der Waals surface area contributed by atoms with Crippen LogP contribution < -0.4 is 9.47 Å². The Bertz CT molecular complexity index is 657. The molecule has 0 bridgehead atoms. The van der Waals surface area contributed by atoms with Gasteiger partial charge in [-0.05, 0) is 51.7 Å². The molecule has 6 heteroatoms. The second kappa shape index (κ2) is 8.21. The van der Waals surface area contributed by atoms with Crippen molar-refractivity contribution >= 4 is 10.0 Å². The van der Waals surface area contributed by atoms with E-state index in [1.807, 2.05) is 27.7 Å². The molecule has 0 radical (unpaired) electrons. The molecule has 1 aliphatic heterocycles. The zero-order valence-electron chi connectivity index (χ0n) is 15.2. The highest BCUT2D eigenvalue weighted by atomic mass is 32.2. The van der Waals surface area contributed by atoms with Crippen molar-refractivity contribution in [1.82, 2.24) is 4.31 Å². The number of aryl methyl sites for hydroxylation is 1. The predicted molar refractivity (Wildman–Crippen MR) is 95.3 cm³/mol. The van der Waals surface area contributed by atoms with Gasteiger partial charge in [0.1, 0.15) is 16.4 Å². The van der Waals surface area contributed by atoms with Gasteiger partial charge in [-0.25, -0.2) is 8.42 Å². The fourth-order valence-corrected chi connectivity index (χ4v) is 5.15. The van der Waals surface area contributed by atoms with E-state index in [1.54, 1.807) is 16.4 Å². The van der Waals surface area contributed by atoms with E-state index in [1.165, 1.54) is 0 Å². The smallest absolute Gasteiger partial charge is 0.247 e. The summed E-state index contributed by atoms with van der Waals surface area (Å²) < 4.78 is 39.5. The van der Waals surface area contributed by atoms with E-state index < -0.39 is 10.0 Å². The highest BCUT2D eigenvalue weighted by Crippen LogP contribution is 2.36. The Kier molecular flexibility index (Phi) is 6.52. The lowest BCUT2D eigenvalue weighted by atomic mass is 10.0. The summed E-state index contributed by atoms with van der Waals surface area (Å²) in [6.45, 7) is 9.19. The maximum absolute atomic E-state index is 13.3. The summed E-state index contributed by atoms with van der Waals surface area (Å²) in [5.74, 6) is 1.02. The van der Waals surface area contributed by atoms with Crippen LogP contribution in [0, 0.1) is 6.92 Å². The van der Waals surface area contributed by atoms with Crippen LogP contribution in [0.15, 0.2) is 17.0 Å². The molecule has 1 fully saturated rings. The molecule has 1 heterocycles. The van der Waals surface area contributed by atoms with Gasteiger partial charge < -0.3 is 9.47 Å². The van der Waals surface area contributed by atoms with Gasteiger partial charge in [0.15, 0.2) is 0 Å². The molecule has 1 saturated heterocycles. The fraction of sp³-hybridized carbons (Fsp3) is 0.667. The maximum Gasteiger partial charge on any atom is 0.247 e. The quantitative estimate of drug-likeness (QED) is 0.747. The van der Waals surface area contributed by atoms with Crippen LogP contribution in [0.4, 0.5) is 0 Å². The summed E-state index contributed by atoms with van der Waals surface area (Å²) in [5.41, 5.74) is 0.880. The number of hydrogen-bond donors (Lipinski definition) is 0. The molecule has 0 spiro atoms. The zero-order valence-corrected chi connectivity index (χ0v) is 16.0. The van der Waals surface area contributed by atoms with Gasteiger partial charge in [-0.3, -0.25) is 0 Å². The molecular formula is C18H29NO4S. The van der Waals surface area contributed by atoms with Crippen molar-refractivity contribution in [2.45, 2.75) is 64.3 Å². The Morgan fingerprint density at radius 2 is 1.75 bits per heavy atom. The molecule has 1 aromatic carbocycles. The molecule has 2 rings (SSSR count). The lowest BCUT2D eigenvalue weighted by Crippen LogP contribution is -2.43. The second-order valence-corrected chi connectivity index (χ2v) is 7.96. The molecule has 0 aliphatic carbocycles. The van der Waals surface area contributed by atoms with Crippen molar-refractivity contribution in [3.05, 3.63) is 17.7 Å². The minimum absolute atomic E-state index is 0.0649. The third-order valence-electron chi connectivity index (χ3n) is 4.47. The Morgan fingerprint density at radius 3 is 2.38 bits per heavy atom. The Hall–Kier alpha value is -1.27. The van der Waals surface area contributed by atoms with Crippen LogP contribution in [-0.4, -0.2) is 38.5 Å². The summed E-state index contributed by atoms with van der Waals surface area (Å²) in [7, 11) is -3.61. The molecule has 0 N–H and O–H groups in total. The van der Waals surface area contributed by atoms with Gasteiger partial charge in [-0.1, -0.05) is 13.3 Å². The van der Waals surface area contributed by atoms with Crippen molar-refractivity contribution in [3.8, 4) is 11.5 Å². The van der Waals surface area contributed by atoms with Crippen LogP contribution in [0.1, 0.15) is 52.0 Å². The van der Waals surface area contributed by atoms with Gasteiger partial charge in [0.2, 0.25) is 10.0 Å². The van der Waals surface area contributed by atoms with E-state index in [9.17, 15) is 8.42 Å². The number of nitrogens with zero attached hydrogens (tertiary/aromatic N) is 1. The monoisotopic (exact) mass is 355 g/mol. The van der Waals surface area contributed by atoms with Crippen LogP contribution in [-0.2, 0) is 10.0 Å². The highest BCUT2D eigenvalue weighted by molar-refractivity contribution is 7.89. The first-order chi connectivity index (χ1) is 11.5. The Balaban J connectivity index is 2.52. The summed E-state index contributed by atoms with van der Waals surface area (Å²) in [4.78, 5) is 0.221. The summed E-state index contributed by atoms with van der Waals surface area (Å²) in [6.07, 6.45) is 3.74. The minimum Gasteiger partial charge on any atom is -0.494 e. The number of hydrogen-bond acceptors (Lipinski definition) is 4. The number of rotatable bonds is 7. The third kappa shape index (κ3) is 3.86. The first kappa shape index (κ1) is 19.1. The number of sulfonamides is 1. The van der Waals surface area contributed by atoms with E-state index in [0.717, 1.165) is 31.2 Å². The van der Waals surface area contributed by atoms with E-state index >= 15 is 0 Å². The lowest BCUT2D eigenvalue weighted by molar-refractivity contribution is 0.245. The van der Waals surface area contributed by atoms with Crippen LogP contribution in [0.3, 0.4) is 0 Å². The van der Waals surface area contributed by atoms with E-state index in [-0.39, 0.29) is 10.9 Å². The van der Waals surface area contributed by atoms with E-state index in [0.29, 0.717) is 31.3 Å². The second-order valence-electron chi connectivity index (χ2n) is 6.10. The molecule has 5 nitrogen and oxygen atoms in total. The van der Waals surface area contributed by atoms with Crippen molar-refractivity contribution in [2.75, 3.05) is 19.8 Å². The van der Waals surface area contributed by atoms with Crippen molar-refractivity contribution < 1.29 is 17.9 Å². The first-order valence-corrected chi connectivity index (χ1v) is 10.3. The van der Waals surface area contributed by atoms with Gasteiger partial charge in [0.25, 0.3) is 0 Å². The summed E-state index contributed by atoms with van der Waals surface area (Å²) in [6, 6.07) is 3.46. The summed E-state index contributed by atoms with van der Waals surface area (Å²) in [5, 5.41) is 0. The van der Waals surface area contributed by atoms with Gasteiger partial charge in [0, 0.05) is 18.7 Å². The molecule has 24 heavy (non-hydrogen) atoms. The number of piperidine rings is 1. The standard InChI is InChI=1S/C18H29NO4S/c1-5-15-10-8-9-11-19(15)24(20,21)18-13-16(22-6-2)14(4)12-17(18)23-7-3/h12-13,15H,5-11H2,1-4H3/t15-/m0/s1. The van der Waals surface area contributed by atoms with E-state index in [2.05, 4.69) is 0 Å². The largest absolute Gasteiger partial charge is 0.494 e.